The van der Waals surface area contributed by atoms with Gasteiger partial charge in [-0.1, -0.05) is 18.2 Å². The summed E-state index contributed by atoms with van der Waals surface area (Å²) in [6.45, 7) is 1.09. The summed E-state index contributed by atoms with van der Waals surface area (Å²) >= 11 is 0. The number of nitrogens with zero attached hydrogens (tertiary/aromatic N) is 5. The Morgan fingerprint density at radius 2 is 1.83 bits per heavy atom. The number of halogens is 3. The summed E-state index contributed by atoms with van der Waals surface area (Å²) in [4.78, 5) is 22.8. The average Bonchev–Trinajstić information content (AvgIpc) is 3.39. The summed E-state index contributed by atoms with van der Waals surface area (Å²) < 4.78 is 43.9. The normalized spacial score (nSPS) is 23.7. The number of carbonyl (C=O) groups excluding carboxylic acids is 1. The van der Waals surface area contributed by atoms with Crippen molar-refractivity contribution in [3.05, 3.63) is 54.1 Å². The first kappa shape index (κ1) is 18.8. The Balaban J connectivity index is 1.28. The van der Waals surface area contributed by atoms with Crippen LogP contribution in [0.2, 0.25) is 0 Å². The number of hydrogen-bond acceptors (Lipinski definition) is 5. The predicted octanol–water partition coefficient (Wildman–Crippen LogP) is 3.29. The van der Waals surface area contributed by atoms with E-state index in [0.717, 1.165) is 0 Å². The Kier molecular flexibility index (Phi) is 4.37. The molecule has 10 heteroatoms. The molecule has 1 aromatic carbocycles. The van der Waals surface area contributed by atoms with Crippen molar-refractivity contribution >= 4 is 11.7 Å². The van der Waals surface area contributed by atoms with Crippen molar-refractivity contribution in [1.82, 2.24) is 24.5 Å². The zero-order chi connectivity index (χ0) is 20.9. The highest BCUT2D eigenvalue weighted by molar-refractivity contribution is 5.91. The van der Waals surface area contributed by atoms with Gasteiger partial charge in [-0.15, -0.1) is 18.3 Å². The van der Waals surface area contributed by atoms with Crippen LogP contribution in [0.4, 0.5) is 13.2 Å². The molecule has 0 N–H and O–H groups in total. The Morgan fingerprint density at radius 1 is 1.10 bits per heavy atom. The monoisotopic (exact) mass is 417 g/mol. The van der Waals surface area contributed by atoms with Gasteiger partial charge in [-0.05, 0) is 48.3 Å². The lowest BCUT2D eigenvalue weighted by atomic mass is 9.95. The third-order valence-electron chi connectivity index (χ3n) is 5.93. The molecule has 30 heavy (non-hydrogen) atoms. The van der Waals surface area contributed by atoms with Crippen LogP contribution in [0.1, 0.15) is 34.9 Å². The minimum Gasteiger partial charge on any atom is -0.405 e. The minimum absolute atomic E-state index is 0.0201. The third kappa shape index (κ3) is 3.46. The van der Waals surface area contributed by atoms with Gasteiger partial charge in [0.05, 0.1) is 0 Å². The van der Waals surface area contributed by atoms with Crippen LogP contribution in [0, 0.1) is 11.8 Å². The second kappa shape index (κ2) is 6.96. The topological polar surface area (TPSA) is 72.6 Å². The molecule has 2 fully saturated rings. The van der Waals surface area contributed by atoms with Crippen molar-refractivity contribution in [2.24, 2.45) is 11.8 Å². The van der Waals surface area contributed by atoms with Crippen molar-refractivity contribution < 1.29 is 22.7 Å². The fraction of sp³-hybridized carbons (Fsp3) is 0.400. The number of alkyl halides is 3. The van der Waals surface area contributed by atoms with E-state index >= 15 is 0 Å². The zero-order valence-electron chi connectivity index (χ0n) is 15.8. The molecule has 0 radical (unpaired) electrons. The summed E-state index contributed by atoms with van der Waals surface area (Å²) in [5.41, 5.74) is 0.579. The number of rotatable bonds is 3. The van der Waals surface area contributed by atoms with Gasteiger partial charge < -0.3 is 9.64 Å². The van der Waals surface area contributed by atoms with E-state index in [-0.39, 0.29) is 35.2 Å². The maximum atomic E-state index is 12.8. The molecule has 156 valence electrons. The number of benzene rings is 1. The molecule has 7 nitrogen and oxygen atoms in total. The van der Waals surface area contributed by atoms with Crippen LogP contribution in [-0.2, 0) is 0 Å². The smallest absolute Gasteiger partial charge is 0.405 e. The summed E-state index contributed by atoms with van der Waals surface area (Å²) in [6, 6.07) is 8.03. The van der Waals surface area contributed by atoms with Gasteiger partial charge in [0.2, 0.25) is 5.82 Å². The zero-order valence-corrected chi connectivity index (χ0v) is 15.8. The highest BCUT2D eigenvalue weighted by Crippen LogP contribution is 2.48. The van der Waals surface area contributed by atoms with Crippen LogP contribution in [0.5, 0.6) is 5.75 Å². The van der Waals surface area contributed by atoms with E-state index in [0.29, 0.717) is 37.3 Å². The van der Waals surface area contributed by atoms with Gasteiger partial charge in [-0.2, -0.15) is 4.98 Å². The molecule has 5 rings (SSSR count). The first-order chi connectivity index (χ1) is 14.4. The summed E-state index contributed by atoms with van der Waals surface area (Å²) in [6.07, 6.45) is -0.0295. The van der Waals surface area contributed by atoms with Gasteiger partial charge in [-0.25, -0.2) is 9.50 Å². The molecule has 2 aliphatic rings. The number of hydrogen-bond donors (Lipinski definition) is 0. The van der Waals surface area contributed by atoms with Crippen LogP contribution in [0.15, 0.2) is 42.7 Å². The molecule has 1 aliphatic heterocycles. The van der Waals surface area contributed by atoms with E-state index in [1.165, 1.54) is 16.6 Å². The second-order valence-electron chi connectivity index (χ2n) is 7.78. The van der Waals surface area contributed by atoms with Crippen molar-refractivity contribution in [1.29, 1.82) is 0 Å². The van der Waals surface area contributed by atoms with E-state index in [1.54, 1.807) is 35.5 Å². The van der Waals surface area contributed by atoms with Gasteiger partial charge in [0.25, 0.3) is 11.7 Å². The van der Waals surface area contributed by atoms with Crippen molar-refractivity contribution in [2.45, 2.75) is 25.1 Å². The number of likely N-dealkylation sites (tertiary alicyclic amines) is 1. The largest absolute Gasteiger partial charge is 0.573 e. The number of aromatic nitrogens is 4. The molecule has 3 aromatic rings. The van der Waals surface area contributed by atoms with Crippen molar-refractivity contribution in [2.75, 3.05) is 13.1 Å². The molecule has 1 saturated heterocycles. The molecule has 3 atom stereocenters. The molecular weight excluding hydrogens is 399 g/mol. The van der Waals surface area contributed by atoms with Crippen LogP contribution in [-0.4, -0.2) is 49.8 Å². The third-order valence-corrected chi connectivity index (χ3v) is 5.93. The van der Waals surface area contributed by atoms with Crippen LogP contribution in [0.25, 0.3) is 5.78 Å². The number of para-hydroxylation sites is 1. The molecule has 0 spiro atoms. The quantitative estimate of drug-likeness (QED) is 0.654. The molecule has 2 aromatic heterocycles. The lowest BCUT2D eigenvalue weighted by molar-refractivity contribution is -0.275. The maximum Gasteiger partial charge on any atom is 0.573 e. The number of fused-ring (bicyclic) bond motifs is 2. The minimum atomic E-state index is -4.72. The standard InChI is InChI=1S/C20H18F3N5O2/c21-20(22,23)30-16-5-2-1-4-15(16)12-8-13-10-27(11-14(13)9-12)18(29)17-25-19-24-6-3-7-28(19)26-17/h1-7,12-14H,8-11H2/t12-,13-,14+. The molecule has 3 heterocycles. The van der Waals surface area contributed by atoms with E-state index in [2.05, 4.69) is 19.8 Å². The first-order valence-corrected chi connectivity index (χ1v) is 9.69. The van der Waals surface area contributed by atoms with E-state index in [1.807, 2.05) is 0 Å². The highest BCUT2D eigenvalue weighted by Gasteiger charge is 2.44. The van der Waals surface area contributed by atoms with Crippen molar-refractivity contribution in [3.63, 3.8) is 0 Å². The second-order valence-corrected chi connectivity index (χ2v) is 7.78. The van der Waals surface area contributed by atoms with Crippen LogP contribution >= 0.6 is 0 Å². The van der Waals surface area contributed by atoms with Crippen LogP contribution < -0.4 is 4.74 Å². The lowest BCUT2D eigenvalue weighted by Crippen LogP contribution is -2.30. The fourth-order valence-electron chi connectivity index (χ4n) is 4.72. The molecule has 1 aliphatic carbocycles. The number of amides is 1. The highest BCUT2D eigenvalue weighted by atomic mass is 19.4. The van der Waals surface area contributed by atoms with E-state index in [9.17, 15) is 18.0 Å². The number of carbonyl (C=O) groups is 1. The average molecular weight is 417 g/mol. The molecule has 1 amide bonds. The maximum absolute atomic E-state index is 12.8. The Morgan fingerprint density at radius 3 is 2.53 bits per heavy atom. The predicted molar refractivity (Wildman–Crippen MR) is 98.8 cm³/mol. The van der Waals surface area contributed by atoms with E-state index < -0.39 is 6.36 Å². The summed E-state index contributed by atoms with van der Waals surface area (Å²) in [5.74, 6) is 0.529. The Hall–Kier alpha value is -3.17. The molecule has 1 saturated carbocycles. The molecule has 0 unspecified atom stereocenters. The number of ether oxygens (including phenoxy) is 1. The van der Waals surface area contributed by atoms with Gasteiger partial charge >= 0.3 is 6.36 Å². The SMILES string of the molecule is O=C(c1nc2ncccn2n1)N1C[C@H]2C[C@@H](c3ccccc3OC(F)(F)F)C[C@H]2C1. The fourth-order valence-corrected chi connectivity index (χ4v) is 4.72. The van der Waals surface area contributed by atoms with E-state index in [4.69, 9.17) is 0 Å². The van der Waals surface area contributed by atoms with Crippen molar-refractivity contribution in [3.8, 4) is 5.75 Å². The van der Waals surface area contributed by atoms with Crippen LogP contribution in [0.3, 0.4) is 0 Å². The van der Waals surface area contributed by atoms with Gasteiger partial charge in [-0.3, -0.25) is 4.79 Å². The van der Waals surface area contributed by atoms with Gasteiger partial charge in [0, 0.05) is 25.5 Å². The molecular formula is C20H18F3N5O2. The summed E-state index contributed by atoms with van der Waals surface area (Å²) in [7, 11) is 0. The summed E-state index contributed by atoms with van der Waals surface area (Å²) in [5, 5.41) is 4.19. The van der Waals surface area contributed by atoms with Gasteiger partial charge in [0.1, 0.15) is 5.75 Å². The molecule has 0 bridgehead atoms. The lowest BCUT2D eigenvalue weighted by Gasteiger charge is -2.20. The Bertz CT molecular complexity index is 1050. The van der Waals surface area contributed by atoms with Gasteiger partial charge in [0.15, 0.2) is 0 Å². The Labute approximate surface area is 169 Å². The first-order valence-electron chi connectivity index (χ1n) is 9.69.